The summed E-state index contributed by atoms with van der Waals surface area (Å²) in [5.74, 6) is 0. The van der Waals surface area contributed by atoms with Gasteiger partial charge in [-0.25, -0.2) is 0 Å². The number of ether oxygens (including phenoxy) is 5. The molecule has 0 saturated carbocycles. The van der Waals surface area contributed by atoms with Crippen LogP contribution in [0.3, 0.4) is 0 Å². The van der Waals surface area contributed by atoms with Crippen LogP contribution in [0.25, 0.3) is 0 Å². The highest BCUT2D eigenvalue weighted by Crippen LogP contribution is 2.08. The molecule has 2 saturated heterocycles. The Labute approximate surface area is 89.6 Å². The van der Waals surface area contributed by atoms with Crippen molar-refractivity contribution in [2.45, 2.75) is 12.2 Å². The van der Waals surface area contributed by atoms with Crippen molar-refractivity contribution in [1.82, 2.24) is 0 Å². The first kappa shape index (κ1) is 11.3. The molecule has 0 N–H and O–H groups in total. The molecule has 2 atom stereocenters. The molecule has 2 aliphatic rings. The van der Waals surface area contributed by atoms with Gasteiger partial charge in [0.2, 0.25) is 0 Å². The van der Waals surface area contributed by atoms with E-state index in [-0.39, 0.29) is 0 Å². The zero-order valence-corrected chi connectivity index (χ0v) is 8.85. The number of hydrogen-bond acceptors (Lipinski definition) is 5. The van der Waals surface area contributed by atoms with Crippen LogP contribution in [0.2, 0.25) is 0 Å². The molecule has 0 spiro atoms. The first-order chi connectivity index (χ1) is 7.45. The minimum Gasteiger partial charge on any atom is -0.377 e. The lowest BCUT2D eigenvalue weighted by Crippen LogP contribution is -2.12. The zero-order chi connectivity index (χ0) is 10.3. The molecule has 0 aromatic carbocycles. The summed E-state index contributed by atoms with van der Waals surface area (Å²) in [5, 5.41) is 0. The molecule has 88 valence electrons. The van der Waals surface area contributed by atoms with Crippen molar-refractivity contribution in [3.63, 3.8) is 0 Å². The third-order valence-corrected chi connectivity index (χ3v) is 2.16. The third kappa shape index (κ3) is 6.06. The van der Waals surface area contributed by atoms with Crippen molar-refractivity contribution >= 4 is 0 Å². The Morgan fingerprint density at radius 2 is 1.13 bits per heavy atom. The van der Waals surface area contributed by atoms with Gasteiger partial charge in [0.25, 0.3) is 0 Å². The Hall–Kier alpha value is -0.200. The van der Waals surface area contributed by atoms with E-state index in [1.54, 1.807) is 0 Å². The highest BCUT2D eigenvalue weighted by molar-refractivity contribution is 4.67. The summed E-state index contributed by atoms with van der Waals surface area (Å²) in [6, 6.07) is 0. The molecular formula is C10H18O5. The van der Waals surface area contributed by atoms with Gasteiger partial charge < -0.3 is 23.7 Å². The van der Waals surface area contributed by atoms with Gasteiger partial charge in [-0.1, -0.05) is 0 Å². The van der Waals surface area contributed by atoms with E-state index in [1.807, 2.05) is 0 Å². The SMILES string of the molecule is C(COC[C@H]1CO1)OCCOC[C@H]1CO1. The fourth-order valence-corrected chi connectivity index (χ4v) is 1.10. The van der Waals surface area contributed by atoms with Crippen molar-refractivity contribution in [2.24, 2.45) is 0 Å². The lowest BCUT2D eigenvalue weighted by Gasteiger charge is -2.05. The Balaban J connectivity index is 1.23. The molecule has 0 amide bonds. The van der Waals surface area contributed by atoms with Crippen LogP contribution in [-0.2, 0) is 23.7 Å². The second-order valence-corrected chi connectivity index (χ2v) is 3.67. The molecule has 2 aliphatic heterocycles. The van der Waals surface area contributed by atoms with E-state index in [9.17, 15) is 0 Å². The second kappa shape index (κ2) is 6.40. The van der Waals surface area contributed by atoms with Crippen LogP contribution < -0.4 is 0 Å². The van der Waals surface area contributed by atoms with Gasteiger partial charge in [-0.2, -0.15) is 0 Å². The highest BCUT2D eigenvalue weighted by atomic mass is 16.6. The molecule has 2 heterocycles. The summed E-state index contributed by atoms with van der Waals surface area (Å²) in [6.45, 7) is 5.58. The largest absolute Gasteiger partial charge is 0.377 e. The van der Waals surface area contributed by atoms with Gasteiger partial charge in [0.05, 0.1) is 52.9 Å². The van der Waals surface area contributed by atoms with E-state index in [4.69, 9.17) is 23.7 Å². The number of rotatable bonds is 10. The molecule has 0 unspecified atom stereocenters. The molecule has 5 nitrogen and oxygen atoms in total. The molecular weight excluding hydrogens is 200 g/mol. The smallest absolute Gasteiger partial charge is 0.104 e. The van der Waals surface area contributed by atoms with E-state index in [0.29, 0.717) is 51.8 Å². The number of epoxide rings is 2. The first-order valence-electron chi connectivity index (χ1n) is 5.41. The van der Waals surface area contributed by atoms with Crippen LogP contribution in [0.5, 0.6) is 0 Å². The maximum absolute atomic E-state index is 5.31. The standard InChI is InChI=1S/C10H18O5/c1(3-12-5-9-7-14-9)11-2-4-13-6-10-8-15-10/h9-10H,1-8H2/t9-,10-/m0/s1. The van der Waals surface area contributed by atoms with Gasteiger partial charge in [0.1, 0.15) is 12.2 Å². The zero-order valence-electron chi connectivity index (χ0n) is 8.85. The number of hydrogen-bond donors (Lipinski definition) is 0. The third-order valence-electron chi connectivity index (χ3n) is 2.16. The fraction of sp³-hybridized carbons (Fsp3) is 1.00. The Kier molecular flexibility index (Phi) is 4.82. The van der Waals surface area contributed by atoms with Gasteiger partial charge >= 0.3 is 0 Å². The van der Waals surface area contributed by atoms with Crippen LogP contribution in [0.4, 0.5) is 0 Å². The van der Waals surface area contributed by atoms with Crippen LogP contribution in [0, 0.1) is 0 Å². The van der Waals surface area contributed by atoms with Crippen molar-refractivity contribution in [3.05, 3.63) is 0 Å². The van der Waals surface area contributed by atoms with Gasteiger partial charge in [0, 0.05) is 0 Å². The van der Waals surface area contributed by atoms with Gasteiger partial charge in [-0.3, -0.25) is 0 Å². The maximum Gasteiger partial charge on any atom is 0.104 e. The molecule has 0 aromatic heterocycles. The highest BCUT2D eigenvalue weighted by Gasteiger charge is 2.22. The molecule has 0 aromatic rings. The maximum atomic E-state index is 5.31. The van der Waals surface area contributed by atoms with Crippen molar-refractivity contribution in [3.8, 4) is 0 Å². The summed E-state index contributed by atoms with van der Waals surface area (Å²) < 4.78 is 25.9. The van der Waals surface area contributed by atoms with E-state index >= 15 is 0 Å². The summed E-state index contributed by atoms with van der Waals surface area (Å²) >= 11 is 0. The van der Waals surface area contributed by atoms with Gasteiger partial charge in [-0.15, -0.1) is 0 Å². The summed E-state index contributed by atoms with van der Waals surface area (Å²) in [6.07, 6.45) is 0.679. The van der Waals surface area contributed by atoms with Crippen LogP contribution >= 0.6 is 0 Å². The first-order valence-corrected chi connectivity index (χ1v) is 5.41. The predicted molar refractivity (Wildman–Crippen MR) is 51.9 cm³/mol. The normalized spacial score (nSPS) is 28.0. The van der Waals surface area contributed by atoms with Crippen molar-refractivity contribution < 1.29 is 23.7 Å². The topological polar surface area (TPSA) is 52.8 Å². The average molecular weight is 218 g/mol. The second-order valence-electron chi connectivity index (χ2n) is 3.67. The summed E-state index contributed by atoms with van der Waals surface area (Å²) in [7, 11) is 0. The van der Waals surface area contributed by atoms with Crippen LogP contribution in [0.15, 0.2) is 0 Å². The molecule has 0 bridgehead atoms. The summed E-state index contributed by atoms with van der Waals surface area (Å²) in [5.41, 5.74) is 0. The van der Waals surface area contributed by atoms with E-state index < -0.39 is 0 Å². The Morgan fingerprint density at radius 1 is 0.733 bits per heavy atom. The summed E-state index contributed by atoms with van der Waals surface area (Å²) in [4.78, 5) is 0. The monoisotopic (exact) mass is 218 g/mol. The Bertz CT molecular complexity index is 149. The fourth-order valence-electron chi connectivity index (χ4n) is 1.10. The van der Waals surface area contributed by atoms with Crippen LogP contribution in [0.1, 0.15) is 0 Å². The van der Waals surface area contributed by atoms with Gasteiger partial charge in [-0.05, 0) is 0 Å². The van der Waals surface area contributed by atoms with Gasteiger partial charge in [0.15, 0.2) is 0 Å². The van der Waals surface area contributed by atoms with Crippen LogP contribution in [-0.4, -0.2) is 65.1 Å². The van der Waals surface area contributed by atoms with Crippen molar-refractivity contribution in [1.29, 1.82) is 0 Å². The average Bonchev–Trinajstić information content (AvgIpc) is 3.10. The lowest BCUT2D eigenvalue weighted by molar-refractivity contribution is 0.00937. The predicted octanol–water partition coefficient (Wildman–Crippen LogP) is -0.166. The lowest BCUT2D eigenvalue weighted by atomic mass is 10.5. The molecule has 0 aliphatic carbocycles. The van der Waals surface area contributed by atoms with E-state index in [1.165, 1.54) is 0 Å². The van der Waals surface area contributed by atoms with E-state index in [0.717, 1.165) is 13.2 Å². The minimum atomic E-state index is 0.340. The van der Waals surface area contributed by atoms with E-state index in [2.05, 4.69) is 0 Å². The molecule has 2 fully saturated rings. The minimum absolute atomic E-state index is 0.340. The molecule has 2 rings (SSSR count). The molecule has 0 radical (unpaired) electrons. The van der Waals surface area contributed by atoms with Crippen molar-refractivity contribution in [2.75, 3.05) is 52.9 Å². The molecule has 15 heavy (non-hydrogen) atoms. The quantitative estimate of drug-likeness (QED) is 0.376. The molecule has 5 heteroatoms. The Morgan fingerprint density at radius 3 is 1.53 bits per heavy atom.